The van der Waals surface area contributed by atoms with Crippen molar-refractivity contribution in [1.82, 2.24) is 15.3 Å². The second-order valence-electron chi connectivity index (χ2n) is 10.1. The summed E-state index contributed by atoms with van der Waals surface area (Å²) in [5, 5.41) is 24.1. The maximum atomic E-state index is 10.1. The number of nitrogens with zero attached hydrogens (tertiary/aromatic N) is 4. The topological polar surface area (TPSA) is 85.4 Å². The summed E-state index contributed by atoms with van der Waals surface area (Å²) in [6.07, 6.45) is 5.85. The summed E-state index contributed by atoms with van der Waals surface area (Å²) in [4.78, 5) is 8.23. The molecule has 0 radical (unpaired) electrons. The van der Waals surface area contributed by atoms with Crippen LogP contribution in [0.15, 0.2) is 91.5 Å². The molecule has 4 rings (SSSR count). The summed E-state index contributed by atoms with van der Waals surface area (Å²) in [7, 11) is 0. The Morgan fingerprint density at radius 2 is 1.58 bits per heavy atom. The average Bonchev–Trinajstić information content (AvgIpc) is 2.96. The summed E-state index contributed by atoms with van der Waals surface area (Å²) in [5.74, 6) is 0.0576. The van der Waals surface area contributed by atoms with Gasteiger partial charge >= 0.3 is 0 Å². The zero-order chi connectivity index (χ0) is 27.1. The SMILES string of the molecule is C[C@H](NC(c1ccc(-c2cncnc2)cc1)C(C)(C)C#N)[C@@H](Cc1ccc(Cl)cc1)c1cccc(C#N)c1. The highest BCUT2D eigenvalue weighted by Gasteiger charge is 2.34. The van der Waals surface area contributed by atoms with Crippen LogP contribution in [0.2, 0.25) is 5.02 Å². The molecule has 0 saturated carbocycles. The summed E-state index contributed by atoms with van der Waals surface area (Å²) < 4.78 is 0. The Labute approximate surface area is 229 Å². The zero-order valence-electron chi connectivity index (χ0n) is 21.8. The van der Waals surface area contributed by atoms with E-state index in [4.69, 9.17) is 11.6 Å². The van der Waals surface area contributed by atoms with Crippen molar-refractivity contribution in [2.75, 3.05) is 0 Å². The van der Waals surface area contributed by atoms with E-state index in [9.17, 15) is 10.5 Å². The Kier molecular flexibility index (Phi) is 8.54. The van der Waals surface area contributed by atoms with Crippen LogP contribution in [0.25, 0.3) is 11.1 Å². The Bertz CT molecular complexity index is 1430. The molecule has 0 aliphatic carbocycles. The van der Waals surface area contributed by atoms with E-state index in [1.165, 1.54) is 6.33 Å². The molecule has 0 bridgehead atoms. The third-order valence-electron chi connectivity index (χ3n) is 6.99. The fraction of sp³-hybridized carbons (Fsp3) is 0.250. The number of benzene rings is 3. The molecule has 5 nitrogen and oxygen atoms in total. The first kappa shape index (κ1) is 27.0. The highest BCUT2D eigenvalue weighted by atomic mass is 35.5. The van der Waals surface area contributed by atoms with Crippen LogP contribution in [0.3, 0.4) is 0 Å². The van der Waals surface area contributed by atoms with Crippen LogP contribution in [-0.2, 0) is 6.42 Å². The van der Waals surface area contributed by atoms with Crippen molar-refractivity contribution in [2.45, 2.75) is 45.2 Å². The molecule has 0 fully saturated rings. The molecular weight excluding hydrogens is 490 g/mol. The highest BCUT2D eigenvalue weighted by Crippen LogP contribution is 2.36. The Morgan fingerprint density at radius 1 is 0.895 bits per heavy atom. The van der Waals surface area contributed by atoms with Crippen molar-refractivity contribution < 1.29 is 0 Å². The van der Waals surface area contributed by atoms with Gasteiger partial charge in [0, 0.05) is 34.9 Å². The minimum Gasteiger partial charge on any atom is -0.305 e. The van der Waals surface area contributed by atoms with Gasteiger partial charge in [-0.25, -0.2) is 9.97 Å². The first-order chi connectivity index (χ1) is 18.3. The third kappa shape index (κ3) is 6.45. The van der Waals surface area contributed by atoms with Crippen LogP contribution in [-0.4, -0.2) is 16.0 Å². The summed E-state index contributed by atoms with van der Waals surface area (Å²) in [5.41, 5.74) is 5.17. The average molecular weight is 520 g/mol. The van der Waals surface area contributed by atoms with E-state index in [2.05, 4.69) is 52.5 Å². The zero-order valence-corrected chi connectivity index (χ0v) is 22.5. The van der Waals surface area contributed by atoms with Crippen LogP contribution >= 0.6 is 11.6 Å². The molecule has 1 heterocycles. The van der Waals surface area contributed by atoms with Crippen LogP contribution in [0.5, 0.6) is 0 Å². The molecule has 0 aliphatic rings. The van der Waals surface area contributed by atoms with Gasteiger partial charge in [-0.1, -0.05) is 60.1 Å². The smallest absolute Gasteiger partial charge is 0.115 e. The lowest BCUT2D eigenvalue weighted by Crippen LogP contribution is -2.42. The van der Waals surface area contributed by atoms with E-state index >= 15 is 0 Å². The first-order valence-corrected chi connectivity index (χ1v) is 13.0. The van der Waals surface area contributed by atoms with Crippen molar-refractivity contribution in [2.24, 2.45) is 5.41 Å². The second kappa shape index (κ2) is 12.0. The normalized spacial score (nSPS) is 13.6. The fourth-order valence-corrected chi connectivity index (χ4v) is 4.90. The van der Waals surface area contributed by atoms with Gasteiger partial charge in [-0.3, -0.25) is 0 Å². The number of hydrogen-bond donors (Lipinski definition) is 1. The number of halogens is 1. The molecule has 1 N–H and O–H groups in total. The van der Waals surface area contributed by atoms with Gasteiger partial charge in [0.15, 0.2) is 0 Å². The first-order valence-electron chi connectivity index (χ1n) is 12.6. The van der Waals surface area contributed by atoms with E-state index < -0.39 is 5.41 Å². The summed E-state index contributed by atoms with van der Waals surface area (Å²) in [6.45, 7) is 6.07. The van der Waals surface area contributed by atoms with Gasteiger partial charge in [-0.15, -0.1) is 0 Å². The number of nitrogens with one attached hydrogen (secondary N) is 1. The minimum atomic E-state index is -0.676. The fourth-order valence-electron chi connectivity index (χ4n) is 4.78. The van der Waals surface area contributed by atoms with Crippen LogP contribution < -0.4 is 5.32 Å². The van der Waals surface area contributed by atoms with Crippen molar-refractivity contribution in [1.29, 1.82) is 10.5 Å². The number of rotatable bonds is 9. The summed E-state index contributed by atoms with van der Waals surface area (Å²) >= 11 is 6.13. The lowest BCUT2D eigenvalue weighted by Gasteiger charge is -2.36. The maximum Gasteiger partial charge on any atom is 0.115 e. The molecule has 0 saturated heterocycles. The van der Waals surface area contributed by atoms with Crippen LogP contribution in [0.4, 0.5) is 0 Å². The van der Waals surface area contributed by atoms with Gasteiger partial charge in [0.1, 0.15) is 6.33 Å². The maximum absolute atomic E-state index is 10.1. The van der Waals surface area contributed by atoms with Crippen molar-refractivity contribution in [3.05, 3.63) is 119 Å². The van der Waals surface area contributed by atoms with Crippen molar-refractivity contribution in [3.8, 4) is 23.3 Å². The largest absolute Gasteiger partial charge is 0.305 e. The Balaban J connectivity index is 1.67. The quantitative estimate of drug-likeness (QED) is 0.251. The van der Waals surface area contributed by atoms with Crippen molar-refractivity contribution in [3.63, 3.8) is 0 Å². The lowest BCUT2D eigenvalue weighted by molar-refractivity contribution is 0.281. The van der Waals surface area contributed by atoms with Gasteiger partial charge in [0.2, 0.25) is 0 Å². The molecule has 3 atom stereocenters. The molecule has 0 amide bonds. The number of nitriles is 2. The van der Waals surface area contributed by atoms with E-state index in [0.717, 1.165) is 34.2 Å². The molecule has 1 aromatic heterocycles. The molecule has 190 valence electrons. The number of aromatic nitrogens is 2. The molecule has 0 aliphatic heterocycles. The molecular formula is C32H30ClN5. The van der Waals surface area contributed by atoms with E-state index in [1.54, 1.807) is 12.4 Å². The van der Waals surface area contributed by atoms with Gasteiger partial charge in [-0.2, -0.15) is 10.5 Å². The summed E-state index contributed by atoms with van der Waals surface area (Å²) in [6, 6.07) is 28.4. The highest BCUT2D eigenvalue weighted by molar-refractivity contribution is 6.30. The standard InChI is InChI=1S/C32H30ClN5/c1-22(30(16-23-7-13-29(33)14-8-23)27-6-4-5-24(15-27)17-34)38-31(32(2,3)20-35)26-11-9-25(10-12-26)28-18-36-21-37-19-28/h4-15,18-19,21-22,30-31,38H,16H2,1-3H3/t22-,30+,31?/m0/s1. The predicted octanol–water partition coefficient (Wildman–Crippen LogP) is 7.26. The van der Waals surface area contributed by atoms with E-state index in [1.807, 2.05) is 68.4 Å². The Morgan fingerprint density at radius 3 is 2.21 bits per heavy atom. The van der Waals surface area contributed by atoms with Gasteiger partial charge in [-0.05, 0) is 73.7 Å². The van der Waals surface area contributed by atoms with E-state index in [-0.39, 0.29) is 18.0 Å². The Hall–Kier alpha value is -4.03. The van der Waals surface area contributed by atoms with E-state index in [0.29, 0.717) is 10.6 Å². The van der Waals surface area contributed by atoms with Crippen LogP contribution in [0.1, 0.15) is 55.0 Å². The molecule has 0 spiro atoms. The predicted molar refractivity (Wildman–Crippen MR) is 151 cm³/mol. The van der Waals surface area contributed by atoms with Crippen LogP contribution in [0, 0.1) is 28.1 Å². The van der Waals surface area contributed by atoms with Crippen molar-refractivity contribution >= 4 is 11.6 Å². The number of hydrogen-bond acceptors (Lipinski definition) is 5. The van der Waals surface area contributed by atoms with Gasteiger partial charge < -0.3 is 5.32 Å². The van der Waals surface area contributed by atoms with Gasteiger partial charge in [0.05, 0.1) is 29.2 Å². The molecule has 38 heavy (non-hydrogen) atoms. The second-order valence-corrected chi connectivity index (χ2v) is 10.6. The monoisotopic (exact) mass is 519 g/mol. The molecule has 1 unspecified atom stereocenters. The molecule has 6 heteroatoms. The molecule has 3 aromatic carbocycles. The lowest BCUT2D eigenvalue weighted by atomic mass is 9.79. The third-order valence-corrected chi connectivity index (χ3v) is 7.25. The molecule has 4 aromatic rings. The van der Waals surface area contributed by atoms with Gasteiger partial charge in [0.25, 0.3) is 0 Å². The minimum absolute atomic E-state index is 0.0144.